The summed E-state index contributed by atoms with van der Waals surface area (Å²) in [5, 5.41) is 9.83. The molecule has 1 aromatic carbocycles. The smallest absolute Gasteiger partial charge is 0.240 e. The van der Waals surface area contributed by atoms with Crippen molar-refractivity contribution in [3.63, 3.8) is 0 Å². The highest BCUT2D eigenvalue weighted by Gasteiger charge is 2.15. The highest BCUT2D eigenvalue weighted by Crippen LogP contribution is 2.16. The Kier molecular flexibility index (Phi) is 4.59. The van der Waals surface area contributed by atoms with Gasteiger partial charge in [-0.05, 0) is 37.1 Å². The van der Waals surface area contributed by atoms with Crippen molar-refractivity contribution in [2.24, 2.45) is 0 Å². The number of nitrogens with one attached hydrogen (secondary N) is 1. The normalized spacial score (nSPS) is 13.3. The minimum Gasteiger partial charge on any atom is -0.472 e. The van der Waals surface area contributed by atoms with Crippen LogP contribution < -0.4 is 4.72 Å². The fourth-order valence-electron chi connectivity index (χ4n) is 1.83. The van der Waals surface area contributed by atoms with Crippen molar-refractivity contribution in [2.75, 3.05) is 6.54 Å². The molecule has 108 valence electrons. The molecule has 0 aliphatic carbocycles. The molecule has 0 spiro atoms. The molecule has 0 saturated carbocycles. The van der Waals surface area contributed by atoms with Crippen LogP contribution in [-0.2, 0) is 10.0 Å². The third-order valence-electron chi connectivity index (χ3n) is 2.94. The first-order valence-corrected chi connectivity index (χ1v) is 7.74. The minimum atomic E-state index is -3.53. The van der Waals surface area contributed by atoms with E-state index in [0.29, 0.717) is 5.56 Å². The Morgan fingerprint density at radius 2 is 2.15 bits per heavy atom. The number of aliphatic hydroxyl groups excluding tert-OH is 1. The summed E-state index contributed by atoms with van der Waals surface area (Å²) >= 11 is 0. The van der Waals surface area contributed by atoms with Crippen LogP contribution in [0.1, 0.15) is 23.7 Å². The second kappa shape index (κ2) is 6.21. The maximum Gasteiger partial charge on any atom is 0.240 e. The highest BCUT2D eigenvalue weighted by atomic mass is 32.2. The van der Waals surface area contributed by atoms with Crippen molar-refractivity contribution < 1.29 is 17.9 Å². The third kappa shape index (κ3) is 3.69. The Balaban J connectivity index is 1.93. The second-order valence-corrected chi connectivity index (χ2v) is 6.34. The van der Waals surface area contributed by atoms with Gasteiger partial charge in [-0.15, -0.1) is 0 Å². The molecule has 5 nitrogen and oxygen atoms in total. The molecule has 2 N–H and O–H groups in total. The summed E-state index contributed by atoms with van der Waals surface area (Å²) in [6.07, 6.45) is 2.45. The van der Waals surface area contributed by atoms with Gasteiger partial charge in [0.15, 0.2) is 0 Å². The Hall–Kier alpha value is -1.63. The number of sulfonamides is 1. The second-order valence-electron chi connectivity index (χ2n) is 4.58. The molecule has 2 rings (SSSR count). The van der Waals surface area contributed by atoms with Crippen LogP contribution in [-0.4, -0.2) is 20.1 Å². The first-order valence-electron chi connectivity index (χ1n) is 6.25. The Morgan fingerprint density at radius 3 is 2.80 bits per heavy atom. The summed E-state index contributed by atoms with van der Waals surface area (Å²) in [4.78, 5) is 0.232. The van der Waals surface area contributed by atoms with Crippen LogP contribution in [0, 0.1) is 6.92 Å². The fourth-order valence-corrected chi connectivity index (χ4v) is 2.98. The predicted octanol–water partition coefficient (Wildman–Crippen LogP) is 1.99. The Morgan fingerprint density at radius 1 is 1.35 bits per heavy atom. The zero-order chi connectivity index (χ0) is 14.6. The molecule has 20 heavy (non-hydrogen) atoms. The average Bonchev–Trinajstić information content (AvgIpc) is 2.92. The number of furan rings is 1. The lowest BCUT2D eigenvalue weighted by Gasteiger charge is -2.10. The minimum absolute atomic E-state index is 0.155. The van der Waals surface area contributed by atoms with E-state index in [-0.39, 0.29) is 17.9 Å². The molecule has 0 unspecified atom stereocenters. The number of benzene rings is 1. The van der Waals surface area contributed by atoms with Gasteiger partial charge in [-0.3, -0.25) is 0 Å². The van der Waals surface area contributed by atoms with Gasteiger partial charge in [0.2, 0.25) is 10.0 Å². The molecule has 0 saturated heterocycles. The van der Waals surface area contributed by atoms with E-state index in [9.17, 15) is 13.5 Å². The van der Waals surface area contributed by atoms with Crippen molar-refractivity contribution in [1.29, 1.82) is 0 Å². The average molecular weight is 295 g/mol. The molecule has 1 atom stereocenters. The van der Waals surface area contributed by atoms with Crippen molar-refractivity contribution in [1.82, 2.24) is 4.72 Å². The van der Waals surface area contributed by atoms with Gasteiger partial charge in [-0.1, -0.05) is 12.1 Å². The largest absolute Gasteiger partial charge is 0.472 e. The van der Waals surface area contributed by atoms with Gasteiger partial charge in [-0.25, -0.2) is 13.1 Å². The van der Waals surface area contributed by atoms with Crippen LogP contribution in [0.2, 0.25) is 0 Å². The van der Waals surface area contributed by atoms with Gasteiger partial charge >= 0.3 is 0 Å². The van der Waals surface area contributed by atoms with Gasteiger partial charge in [0, 0.05) is 12.1 Å². The van der Waals surface area contributed by atoms with Crippen molar-refractivity contribution in [3.8, 4) is 0 Å². The van der Waals surface area contributed by atoms with Crippen LogP contribution in [0.3, 0.4) is 0 Å². The molecule has 0 amide bonds. The Labute approximate surface area is 118 Å². The molecule has 2 aromatic rings. The first kappa shape index (κ1) is 14.8. The summed E-state index contributed by atoms with van der Waals surface area (Å²) in [5.41, 5.74) is 1.52. The number of rotatable bonds is 6. The van der Waals surface area contributed by atoms with E-state index in [0.717, 1.165) is 5.56 Å². The lowest BCUT2D eigenvalue weighted by molar-refractivity contribution is 0.168. The van der Waals surface area contributed by atoms with E-state index in [1.54, 1.807) is 24.3 Å². The summed E-state index contributed by atoms with van der Waals surface area (Å²) in [7, 11) is -3.53. The third-order valence-corrected chi connectivity index (χ3v) is 4.40. The van der Waals surface area contributed by atoms with E-state index in [2.05, 4.69) is 4.72 Å². The molecule has 0 aliphatic rings. The van der Waals surface area contributed by atoms with Crippen LogP contribution >= 0.6 is 0 Å². The zero-order valence-corrected chi connectivity index (χ0v) is 11.9. The van der Waals surface area contributed by atoms with E-state index in [1.807, 2.05) is 13.0 Å². The number of aryl methyl sites for hydroxylation is 1. The number of aliphatic hydroxyl groups is 1. The van der Waals surface area contributed by atoms with Crippen LogP contribution in [0.4, 0.5) is 0 Å². The van der Waals surface area contributed by atoms with Gasteiger partial charge in [0.1, 0.15) is 0 Å². The van der Waals surface area contributed by atoms with Crippen LogP contribution in [0.5, 0.6) is 0 Å². The van der Waals surface area contributed by atoms with E-state index in [4.69, 9.17) is 4.42 Å². The van der Waals surface area contributed by atoms with E-state index in [1.165, 1.54) is 12.5 Å². The maximum absolute atomic E-state index is 12.0. The van der Waals surface area contributed by atoms with E-state index < -0.39 is 16.1 Å². The predicted molar refractivity (Wildman–Crippen MR) is 74.7 cm³/mol. The summed E-state index contributed by atoms with van der Waals surface area (Å²) in [5.74, 6) is 0. The van der Waals surface area contributed by atoms with Crippen LogP contribution in [0.15, 0.2) is 52.2 Å². The summed E-state index contributed by atoms with van der Waals surface area (Å²) in [6, 6.07) is 8.34. The van der Waals surface area contributed by atoms with Gasteiger partial charge in [0.05, 0.1) is 23.5 Å². The molecule has 1 aromatic heterocycles. The van der Waals surface area contributed by atoms with Crippen molar-refractivity contribution in [2.45, 2.75) is 24.3 Å². The lowest BCUT2D eigenvalue weighted by Crippen LogP contribution is -2.26. The standard InChI is InChI=1S/C14H17NO4S/c1-11-3-2-4-13(9-11)20(17,18)15-7-5-14(16)12-6-8-19-10-12/h2-4,6,8-10,14-16H,5,7H2,1H3/t14-/m1/s1. The molecular weight excluding hydrogens is 278 g/mol. The number of hydrogen-bond acceptors (Lipinski definition) is 4. The van der Waals surface area contributed by atoms with Gasteiger partial charge < -0.3 is 9.52 Å². The molecular formula is C14H17NO4S. The molecule has 0 bridgehead atoms. The van der Waals surface area contributed by atoms with Crippen LogP contribution in [0.25, 0.3) is 0 Å². The summed E-state index contributed by atoms with van der Waals surface area (Å²) in [6.45, 7) is 1.99. The highest BCUT2D eigenvalue weighted by molar-refractivity contribution is 7.89. The SMILES string of the molecule is Cc1cccc(S(=O)(=O)NCC[C@@H](O)c2ccoc2)c1. The van der Waals surface area contributed by atoms with E-state index >= 15 is 0 Å². The van der Waals surface area contributed by atoms with Crippen molar-refractivity contribution >= 4 is 10.0 Å². The fraction of sp³-hybridized carbons (Fsp3) is 0.286. The van der Waals surface area contributed by atoms with Gasteiger partial charge in [-0.2, -0.15) is 0 Å². The molecule has 0 aliphatic heterocycles. The Bertz CT molecular complexity index is 650. The summed E-state index contributed by atoms with van der Waals surface area (Å²) < 4.78 is 31.4. The van der Waals surface area contributed by atoms with Gasteiger partial charge in [0.25, 0.3) is 0 Å². The lowest BCUT2D eigenvalue weighted by atomic mass is 10.1. The topological polar surface area (TPSA) is 79.5 Å². The molecule has 6 heteroatoms. The number of hydrogen-bond donors (Lipinski definition) is 2. The maximum atomic E-state index is 12.0. The zero-order valence-electron chi connectivity index (χ0n) is 11.1. The quantitative estimate of drug-likeness (QED) is 0.854. The first-order chi connectivity index (χ1) is 9.49. The molecule has 1 heterocycles. The molecule has 0 fully saturated rings. The monoisotopic (exact) mass is 295 g/mol. The van der Waals surface area contributed by atoms with Crippen molar-refractivity contribution in [3.05, 3.63) is 54.0 Å². The molecule has 0 radical (unpaired) electrons.